The van der Waals surface area contributed by atoms with E-state index in [1.54, 1.807) is 22.2 Å². The van der Waals surface area contributed by atoms with Crippen molar-refractivity contribution >= 4 is 59.4 Å². The Morgan fingerprint density at radius 3 is 2.83 bits per heavy atom. The van der Waals surface area contributed by atoms with E-state index in [4.69, 9.17) is 23.2 Å². The van der Waals surface area contributed by atoms with Gasteiger partial charge in [0.15, 0.2) is 11.0 Å². The zero-order valence-corrected chi connectivity index (χ0v) is 16.1. The number of thiazole rings is 1. The van der Waals surface area contributed by atoms with Crippen molar-refractivity contribution in [1.82, 2.24) is 34.6 Å². The molecule has 130 valence electrons. The van der Waals surface area contributed by atoms with E-state index in [-0.39, 0.29) is 24.8 Å². The van der Waals surface area contributed by atoms with Gasteiger partial charge in [-0.05, 0) is 0 Å². The maximum atomic E-state index is 6.07. The van der Waals surface area contributed by atoms with Gasteiger partial charge < -0.3 is 14.5 Å². The van der Waals surface area contributed by atoms with Crippen LogP contribution in [0, 0.1) is 0 Å². The monoisotopic (exact) mass is 427 g/mol. The highest BCUT2D eigenvalue weighted by Crippen LogP contribution is 2.25. The standard InChI is InChI=1S/C12H11Cl2N7S.2ClH/c13-10-11(14)20(6-16-10)4-9-17-7(5-22-9)12-19-18-8-3-15-1-2-21(8)12;;/h5-6,15H,1-4H2;2*1H. The highest BCUT2D eigenvalue weighted by atomic mass is 35.5. The molecule has 0 radical (unpaired) electrons. The van der Waals surface area contributed by atoms with Gasteiger partial charge in [0.05, 0.1) is 19.4 Å². The van der Waals surface area contributed by atoms with Crippen LogP contribution < -0.4 is 5.32 Å². The number of nitrogens with one attached hydrogen (secondary N) is 1. The lowest BCUT2D eigenvalue weighted by Crippen LogP contribution is -2.28. The van der Waals surface area contributed by atoms with Crippen LogP contribution in [0.25, 0.3) is 11.5 Å². The third-order valence-electron chi connectivity index (χ3n) is 3.44. The van der Waals surface area contributed by atoms with Gasteiger partial charge in [-0.15, -0.1) is 46.3 Å². The third kappa shape index (κ3) is 3.54. The van der Waals surface area contributed by atoms with E-state index in [2.05, 4.69) is 30.0 Å². The van der Waals surface area contributed by atoms with E-state index in [0.29, 0.717) is 16.9 Å². The molecule has 7 nitrogen and oxygen atoms in total. The maximum Gasteiger partial charge on any atom is 0.183 e. The minimum absolute atomic E-state index is 0. The summed E-state index contributed by atoms with van der Waals surface area (Å²) in [4.78, 5) is 8.60. The van der Waals surface area contributed by atoms with Crippen molar-refractivity contribution in [2.75, 3.05) is 6.54 Å². The molecular weight excluding hydrogens is 416 g/mol. The molecule has 0 saturated carbocycles. The molecule has 4 rings (SSSR count). The molecule has 24 heavy (non-hydrogen) atoms. The van der Waals surface area contributed by atoms with Crippen molar-refractivity contribution in [3.63, 3.8) is 0 Å². The van der Waals surface area contributed by atoms with Gasteiger partial charge in [0.1, 0.15) is 21.7 Å². The van der Waals surface area contributed by atoms with E-state index < -0.39 is 0 Å². The summed E-state index contributed by atoms with van der Waals surface area (Å²) in [5, 5.41) is 15.4. The molecule has 0 spiro atoms. The molecule has 0 saturated heterocycles. The molecule has 0 bridgehead atoms. The Bertz CT molecular complexity index is 827. The van der Waals surface area contributed by atoms with Crippen molar-refractivity contribution in [3.05, 3.63) is 32.8 Å². The zero-order chi connectivity index (χ0) is 15.1. The van der Waals surface area contributed by atoms with E-state index in [0.717, 1.165) is 42.0 Å². The Labute approximate surface area is 164 Å². The van der Waals surface area contributed by atoms with Gasteiger partial charge in [-0.3, -0.25) is 0 Å². The van der Waals surface area contributed by atoms with Gasteiger partial charge >= 0.3 is 0 Å². The number of fused-ring (bicyclic) bond motifs is 1. The fraction of sp³-hybridized carbons (Fsp3) is 0.333. The Balaban J connectivity index is 0.00000104. The van der Waals surface area contributed by atoms with E-state index in [1.165, 1.54) is 0 Å². The first kappa shape index (κ1) is 19.4. The summed E-state index contributed by atoms with van der Waals surface area (Å²) in [6, 6.07) is 0. The SMILES string of the molecule is Cl.Cl.Clc1ncn(Cc2nc(-c3nnc4n3CCNC4)cs2)c1Cl. The fourth-order valence-corrected chi connectivity index (χ4v) is 3.44. The van der Waals surface area contributed by atoms with E-state index in [9.17, 15) is 0 Å². The van der Waals surface area contributed by atoms with E-state index >= 15 is 0 Å². The molecule has 0 aromatic carbocycles. The molecular formula is C12H13Cl4N7S. The minimum atomic E-state index is 0. The number of hydrogen-bond donors (Lipinski definition) is 1. The minimum Gasteiger partial charge on any atom is -0.313 e. The average molecular weight is 429 g/mol. The number of halogens is 4. The lowest BCUT2D eigenvalue weighted by Gasteiger charge is -2.15. The number of imidazole rings is 1. The number of rotatable bonds is 3. The number of hydrogen-bond acceptors (Lipinski definition) is 6. The molecule has 0 unspecified atom stereocenters. The third-order valence-corrected chi connectivity index (χ3v) is 5.05. The van der Waals surface area contributed by atoms with Crippen LogP contribution in [-0.2, 0) is 19.6 Å². The van der Waals surface area contributed by atoms with Crippen LogP contribution in [0.2, 0.25) is 10.3 Å². The second kappa shape index (κ2) is 7.99. The highest BCUT2D eigenvalue weighted by molar-refractivity contribution is 7.09. The van der Waals surface area contributed by atoms with Crippen LogP contribution in [0.5, 0.6) is 0 Å². The molecule has 1 aliphatic rings. The molecule has 0 aliphatic carbocycles. The predicted molar refractivity (Wildman–Crippen MR) is 98.7 cm³/mol. The van der Waals surface area contributed by atoms with Crippen molar-refractivity contribution in [2.45, 2.75) is 19.6 Å². The van der Waals surface area contributed by atoms with Gasteiger partial charge in [-0.2, -0.15) is 0 Å². The van der Waals surface area contributed by atoms with Gasteiger partial charge in [0.2, 0.25) is 0 Å². The van der Waals surface area contributed by atoms with Crippen LogP contribution in [0.3, 0.4) is 0 Å². The molecule has 12 heteroatoms. The summed E-state index contributed by atoms with van der Waals surface area (Å²) >= 11 is 13.5. The first-order valence-corrected chi connectivity index (χ1v) is 8.29. The molecule has 0 amide bonds. The Hall–Kier alpha value is -0.900. The van der Waals surface area contributed by atoms with Crippen molar-refractivity contribution < 1.29 is 0 Å². The second-order valence-electron chi connectivity index (χ2n) is 4.85. The smallest absolute Gasteiger partial charge is 0.183 e. The summed E-state index contributed by atoms with van der Waals surface area (Å²) < 4.78 is 3.87. The first-order valence-electron chi connectivity index (χ1n) is 6.66. The molecule has 3 aromatic heterocycles. The number of nitrogens with zero attached hydrogens (tertiary/aromatic N) is 6. The normalized spacial score (nSPS) is 13.1. The highest BCUT2D eigenvalue weighted by Gasteiger charge is 2.19. The summed E-state index contributed by atoms with van der Waals surface area (Å²) in [7, 11) is 0. The summed E-state index contributed by atoms with van der Waals surface area (Å²) in [5.74, 6) is 1.76. The summed E-state index contributed by atoms with van der Waals surface area (Å²) in [5.41, 5.74) is 0.836. The maximum absolute atomic E-state index is 6.07. The van der Waals surface area contributed by atoms with Crippen molar-refractivity contribution in [3.8, 4) is 11.5 Å². The topological polar surface area (TPSA) is 73.5 Å². The summed E-state index contributed by atoms with van der Waals surface area (Å²) in [6.45, 7) is 3.05. The molecule has 0 fully saturated rings. The average Bonchev–Trinajstić information content (AvgIpc) is 3.22. The molecule has 4 heterocycles. The van der Waals surface area contributed by atoms with Gasteiger partial charge in [0.25, 0.3) is 0 Å². The Morgan fingerprint density at radius 1 is 1.25 bits per heavy atom. The van der Waals surface area contributed by atoms with Crippen LogP contribution in [0.1, 0.15) is 10.8 Å². The molecule has 1 aliphatic heterocycles. The number of aromatic nitrogens is 6. The van der Waals surface area contributed by atoms with Crippen molar-refractivity contribution in [2.24, 2.45) is 0 Å². The van der Waals surface area contributed by atoms with Crippen LogP contribution in [0.4, 0.5) is 0 Å². The fourth-order valence-electron chi connectivity index (χ4n) is 2.37. The first-order chi connectivity index (χ1) is 10.7. The summed E-state index contributed by atoms with van der Waals surface area (Å²) in [6.07, 6.45) is 1.61. The second-order valence-corrected chi connectivity index (χ2v) is 6.51. The van der Waals surface area contributed by atoms with Crippen molar-refractivity contribution in [1.29, 1.82) is 0 Å². The largest absolute Gasteiger partial charge is 0.313 e. The molecule has 1 N–H and O–H groups in total. The van der Waals surface area contributed by atoms with Crippen LogP contribution >= 0.6 is 59.4 Å². The Morgan fingerprint density at radius 2 is 2.08 bits per heavy atom. The van der Waals surface area contributed by atoms with Gasteiger partial charge in [-0.1, -0.05) is 23.2 Å². The predicted octanol–water partition coefficient (Wildman–Crippen LogP) is 2.90. The molecule has 0 atom stereocenters. The quantitative estimate of drug-likeness (QED) is 0.694. The van der Waals surface area contributed by atoms with Gasteiger partial charge in [0, 0.05) is 18.5 Å². The zero-order valence-electron chi connectivity index (χ0n) is 12.1. The molecule has 3 aromatic rings. The van der Waals surface area contributed by atoms with Crippen LogP contribution in [0.15, 0.2) is 11.7 Å². The van der Waals surface area contributed by atoms with Gasteiger partial charge in [-0.25, -0.2) is 9.97 Å². The lowest BCUT2D eigenvalue weighted by molar-refractivity contribution is 0.508. The van der Waals surface area contributed by atoms with E-state index in [1.807, 2.05) is 5.38 Å². The lowest BCUT2D eigenvalue weighted by atomic mass is 10.4. The Kier molecular flexibility index (Phi) is 6.46. The van der Waals surface area contributed by atoms with Crippen LogP contribution in [-0.4, -0.2) is 35.8 Å².